The summed E-state index contributed by atoms with van der Waals surface area (Å²) in [6.45, 7) is 6.95. The zero-order chi connectivity index (χ0) is 16.2. The van der Waals surface area contributed by atoms with Gasteiger partial charge in [-0.1, -0.05) is 12.1 Å². The van der Waals surface area contributed by atoms with Gasteiger partial charge in [0, 0.05) is 31.3 Å². The molecule has 6 nitrogen and oxygen atoms in total. The molecule has 1 aromatic heterocycles. The molecular formula is C17H22N4O2. The minimum absolute atomic E-state index is 0.144. The van der Waals surface area contributed by atoms with Gasteiger partial charge in [0.15, 0.2) is 0 Å². The first kappa shape index (κ1) is 15.7. The predicted molar refractivity (Wildman–Crippen MR) is 88.3 cm³/mol. The first-order chi connectivity index (χ1) is 11.1. The van der Waals surface area contributed by atoms with E-state index in [4.69, 9.17) is 4.74 Å². The van der Waals surface area contributed by atoms with Crippen LogP contribution in [0.5, 0.6) is 0 Å². The summed E-state index contributed by atoms with van der Waals surface area (Å²) < 4.78 is 5.75. The molecule has 3 rings (SSSR count). The highest BCUT2D eigenvalue weighted by atomic mass is 16.5. The van der Waals surface area contributed by atoms with Gasteiger partial charge in [-0.25, -0.2) is 0 Å². The minimum Gasteiger partial charge on any atom is -0.373 e. The molecule has 2 heterocycles. The van der Waals surface area contributed by atoms with Crippen LogP contribution in [0.15, 0.2) is 36.5 Å². The van der Waals surface area contributed by atoms with Gasteiger partial charge >= 0.3 is 0 Å². The van der Waals surface area contributed by atoms with E-state index in [9.17, 15) is 4.79 Å². The molecular weight excluding hydrogens is 292 g/mol. The van der Waals surface area contributed by atoms with E-state index in [-0.39, 0.29) is 18.1 Å². The van der Waals surface area contributed by atoms with Crippen molar-refractivity contribution in [1.82, 2.24) is 15.1 Å². The van der Waals surface area contributed by atoms with Crippen LogP contribution in [-0.4, -0.2) is 46.3 Å². The third kappa shape index (κ3) is 4.18. The third-order valence-corrected chi connectivity index (χ3v) is 3.87. The molecule has 0 aliphatic carbocycles. The molecule has 1 saturated heterocycles. The topological polar surface area (TPSA) is 70.2 Å². The summed E-state index contributed by atoms with van der Waals surface area (Å²) in [7, 11) is 0. The van der Waals surface area contributed by atoms with Crippen molar-refractivity contribution in [2.24, 2.45) is 0 Å². The molecule has 2 atom stereocenters. The number of carbonyl (C=O) groups is 1. The molecule has 1 aliphatic heterocycles. The van der Waals surface area contributed by atoms with E-state index < -0.39 is 0 Å². The molecule has 0 radical (unpaired) electrons. The molecule has 23 heavy (non-hydrogen) atoms. The third-order valence-electron chi connectivity index (χ3n) is 3.87. The number of nitrogens with one attached hydrogen (secondary N) is 2. The highest BCUT2D eigenvalue weighted by molar-refractivity contribution is 6.03. The maximum absolute atomic E-state index is 12.1. The Bertz CT molecular complexity index is 629. The Morgan fingerprint density at radius 2 is 1.96 bits per heavy atom. The van der Waals surface area contributed by atoms with Gasteiger partial charge in [-0.2, -0.15) is 5.10 Å². The van der Waals surface area contributed by atoms with E-state index >= 15 is 0 Å². The average Bonchev–Trinajstić information content (AvgIpc) is 3.00. The van der Waals surface area contributed by atoms with E-state index in [1.165, 1.54) is 5.56 Å². The summed E-state index contributed by atoms with van der Waals surface area (Å²) in [5.41, 5.74) is 1.83. The van der Waals surface area contributed by atoms with Crippen LogP contribution in [0.25, 0.3) is 0 Å². The predicted octanol–water partition coefficient (Wildman–Crippen LogP) is 2.27. The van der Waals surface area contributed by atoms with E-state index in [1.807, 2.05) is 24.3 Å². The molecule has 1 fully saturated rings. The Morgan fingerprint density at radius 1 is 1.26 bits per heavy atom. The van der Waals surface area contributed by atoms with Gasteiger partial charge in [0.25, 0.3) is 5.91 Å². The monoisotopic (exact) mass is 314 g/mol. The Hall–Kier alpha value is -2.18. The average molecular weight is 314 g/mol. The lowest BCUT2D eigenvalue weighted by atomic mass is 10.1. The SMILES string of the molecule is CC1CN(Cc2ccc(C(=O)Nc3ccn[nH]3)cc2)CC(C)O1. The lowest BCUT2D eigenvalue weighted by Crippen LogP contribution is -2.44. The summed E-state index contributed by atoms with van der Waals surface area (Å²) >= 11 is 0. The second-order valence-electron chi connectivity index (χ2n) is 6.07. The number of aromatic nitrogens is 2. The number of nitrogens with zero attached hydrogens (tertiary/aromatic N) is 2. The molecule has 0 bridgehead atoms. The number of aromatic amines is 1. The van der Waals surface area contributed by atoms with Gasteiger partial charge in [0.1, 0.15) is 5.82 Å². The van der Waals surface area contributed by atoms with Crippen LogP contribution in [0.4, 0.5) is 5.82 Å². The number of hydrogen-bond acceptors (Lipinski definition) is 4. The summed E-state index contributed by atoms with van der Waals surface area (Å²) in [5, 5.41) is 9.28. The number of hydrogen-bond donors (Lipinski definition) is 2. The molecule has 0 spiro atoms. The standard InChI is InChI=1S/C17H22N4O2/c1-12-9-21(10-13(2)23-12)11-14-3-5-15(6-4-14)17(22)19-16-7-8-18-20-16/h3-8,12-13H,9-11H2,1-2H3,(H2,18,19,20,22). The van der Waals surface area contributed by atoms with E-state index in [2.05, 4.69) is 34.3 Å². The number of morpholine rings is 1. The minimum atomic E-state index is -0.144. The van der Waals surface area contributed by atoms with Gasteiger partial charge < -0.3 is 10.1 Å². The fourth-order valence-electron chi connectivity index (χ4n) is 2.95. The first-order valence-electron chi connectivity index (χ1n) is 7.87. The highest BCUT2D eigenvalue weighted by Crippen LogP contribution is 2.15. The number of benzene rings is 1. The summed E-state index contributed by atoms with van der Waals surface area (Å²) in [4.78, 5) is 14.5. The van der Waals surface area contributed by atoms with Crippen LogP contribution >= 0.6 is 0 Å². The van der Waals surface area contributed by atoms with Gasteiger partial charge in [-0.15, -0.1) is 0 Å². The fourth-order valence-corrected chi connectivity index (χ4v) is 2.95. The van der Waals surface area contributed by atoms with Crippen molar-refractivity contribution in [1.29, 1.82) is 0 Å². The van der Waals surface area contributed by atoms with E-state index in [0.717, 1.165) is 19.6 Å². The molecule has 2 aromatic rings. The second-order valence-corrected chi connectivity index (χ2v) is 6.07. The molecule has 122 valence electrons. The maximum Gasteiger partial charge on any atom is 0.256 e. The van der Waals surface area contributed by atoms with E-state index in [1.54, 1.807) is 12.3 Å². The van der Waals surface area contributed by atoms with Gasteiger partial charge in [0.05, 0.1) is 18.4 Å². The van der Waals surface area contributed by atoms with Gasteiger partial charge in [-0.3, -0.25) is 14.8 Å². The van der Waals surface area contributed by atoms with Crippen molar-refractivity contribution < 1.29 is 9.53 Å². The zero-order valence-corrected chi connectivity index (χ0v) is 13.5. The summed E-state index contributed by atoms with van der Waals surface area (Å²) in [6, 6.07) is 9.44. The largest absolute Gasteiger partial charge is 0.373 e. The number of carbonyl (C=O) groups excluding carboxylic acids is 1. The van der Waals surface area contributed by atoms with Crippen molar-refractivity contribution in [2.75, 3.05) is 18.4 Å². The first-order valence-corrected chi connectivity index (χ1v) is 7.87. The van der Waals surface area contributed by atoms with Gasteiger partial charge in [-0.05, 0) is 31.5 Å². The molecule has 1 aromatic carbocycles. The number of rotatable bonds is 4. The quantitative estimate of drug-likeness (QED) is 0.908. The number of anilines is 1. The number of ether oxygens (including phenoxy) is 1. The van der Waals surface area contributed by atoms with Crippen molar-refractivity contribution in [3.05, 3.63) is 47.7 Å². The Kier molecular flexibility index (Phi) is 4.73. The van der Waals surface area contributed by atoms with Crippen LogP contribution in [0.3, 0.4) is 0 Å². The van der Waals surface area contributed by atoms with Crippen LogP contribution in [0.2, 0.25) is 0 Å². The van der Waals surface area contributed by atoms with Crippen LogP contribution in [-0.2, 0) is 11.3 Å². The maximum atomic E-state index is 12.1. The lowest BCUT2D eigenvalue weighted by Gasteiger charge is -2.35. The van der Waals surface area contributed by atoms with Crippen molar-refractivity contribution in [3.63, 3.8) is 0 Å². The normalized spacial score (nSPS) is 22.0. The van der Waals surface area contributed by atoms with Crippen LogP contribution in [0, 0.1) is 0 Å². The molecule has 0 saturated carbocycles. The molecule has 2 N–H and O–H groups in total. The summed E-state index contributed by atoms with van der Waals surface area (Å²) in [6.07, 6.45) is 2.12. The Morgan fingerprint density at radius 3 is 2.57 bits per heavy atom. The Labute approximate surface area is 135 Å². The Balaban J connectivity index is 1.59. The molecule has 2 unspecified atom stereocenters. The summed E-state index contributed by atoms with van der Waals surface area (Å²) in [5.74, 6) is 0.449. The van der Waals surface area contributed by atoms with Crippen molar-refractivity contribution in [3.8, 4) is 0 Å². The second kappa shape index (κ2) is 6.93. The van der Waals surface area contributed by atoms with Crippen LogP contribution < -0.4 is 5.32 Å². The smallest absolute Gasteiger partial charge is 0.256 e. The van der Waals surface area contributed by atoms with Crippen molar-refractivity contribution >= 4 is 11.7 Å². The number of amides is 1. The van der Waals surface area contributed by atoms with Gasteiger partial charge in [0.2, 0.25) is 0 Å². The zero-order valence-electron chi connectivity index (χ0n) is 13.5. The molecule has 1 aliphatic rings. The number of H-pyrrole nitrogens is 1. The molecule has 6 heteroatoms. The van der Waals surface area contributed by atoms with Crippen molar-refractivity contribution in [2.45, 2.75) is 32.6 Å². The van der Waals surface area contributed by atoms with Crippen LogP contribution in [0.1, 0.15) is 29.8 Å². The lowest BCUT2D eigenvalue weighted by molar-refractivity contribution is -0.0704. The molecule has 1 amide bonds. The fraction of sp³-hybridized carbons (Fsp3) is 0.412. The highest BCUT2D eigenvalue weighted by Gasteiger charge is 2.22. The van der Waals surface area contributed by atoms with E-state index in [0.29, 0.717) is 11.4 Å².